The highest BCUT2D eigenvalue weighted by Crippen LogP contribution is 2.37. The summed E-state index contributed by atoms with van der Waals surface area (Å²) in [7, 11) is 0. The molecule has 3 rings (SSSR count). The van der Waals surface area contributed by atoms with Crippen LogP contribution in [0.25, 0.3) is 0 Å². The zero-order valence-corrected chi connectivity index (χ0v) is 33.5. The van der Waals surface area contributed by atoms with Crippen molar-refractivity contribution in [3.63, 3.8) is 0 Å². The quantitative estimate of drug-likeness (QED) is 0.238. The van der Waals surface area contributed by atoms with Crippen LogP contribution in [0.3, 0.4) is 0 Å². The van der Waals surface area contributed by atoms with Crippen LogP contribution in [0.2, 0.25) is 0 Å². The molecule has 3 fully saturated rings. The summed E-state index contributed by atoms with van der Waals surface area (Å²) < 4.78 is 18.0. The third-order valence-corrected chi connectivity index (χ3v) is 10.3. The number of hydrogen-bond donors (Lipinski definition) is 4. The summed E-state index contributed by atoms with van der Waals surface area (Å²) in [4.78, 5) is 86.6. The molecule has 0 aliphatic carbocycles. The van der Waals surface area contributed by atoms with Crippen LogP contribution in [0.4, 0.5) is 0 Å². The predicted molar refractivity (Wildman–Crippen MR) is 190 cm³/mol. The first-order valence-electron chi connectivity index (χ1n) is 18.2. The van der Waals surface area contributed by atoms with Crippen LogP contribution in [-0.2, 0) is 43.0 Å². The second-order valence-corrected chi connectivity index (χ2v) is 16.8. The topological polar surface area (TPSA) is 210 Å². The summed E-state index contributed by atoms with van der Waals surface area (Å²) in [5, 5.41) is 15.6. The molecular weight excluding hydrogens is 676 g/mol. The maximum Gasteiger partial charge on any atom is 0.329 e. The molecule has 3 heterocycles. The Morgan fingerprint density at radius 1 is 0.558 bits per heavy atom. The van der Waals surface area contributed by atoms with Gasteiger partial charge in [0.1, 0.15) is 41.3 Å². The Hall–Kier alpha value is -3.34. The number of nitrogens with zero attached hydrogens (tertiary/aromatic N) is 3. The summed E-state index contributed by atoms with van der Waals surface area (Å²) in [5.74, 6) is -5.43. The number of hydrogen-bond acceptors (Lipinski definition) is 10. The lowest BCUT2D eigenvalue weighted by Crippen LogP contribution is -2.65. The largest absolute Gasteiger partial charge is 0.480 e. The summed E-state index contributed by atoms with van der Waals surface area (Å²) in [6, 6.07) is -6.85. The fourth-order valence-electron chi connectivity index (χ4n) is 7.79. The molecule has 0 saturated carbocycles. The van der Waals surface area contributed by atoms with Gasteiger partial charge < -0.3 is 35.7 Å². The van der Waals surface area contributed by atoms with Gasteiger partial charge in [0.2, 0.25) is 29.5 Å². The van der Waals surface area contributed by atoms with Gasteiger partial charge >= 0.3 is 5.97 Å². The molecule has 9 atom stereocenters. The smallest absolute Gasteiger partial charge is 0.329 e. The number of aliphatic carboxylic acids is 1. The number of nitrogens with one attached hydrogen (secondary N) is 2. The van der Waals surface area contributed by atoms with Gasteiger partial charge in [0, 0.05) is 0 Å². The Kier molecular flexibility index (Phi) is 12.6. The summed E-state index contributed by atoms with van der Waals surface area (Å²) in [6.07, 6.45) is -2.37. The van der Waals surface area contributed by atoms with Gasteiger partial charge in [-0.3, -0.25) is 38.7 Å². The van der Waals surface area contributed by atoms with Crippen molar-refractivity contribution in [1.29, 1.82) is 0 Å². The molecule has 5 N–H and O–H groups in total. The van der Waals surface area contributed by atoms with E-state index in [1.54, 1.807) is 104 Å². The number of rotatable bonds is 11. The molecule has 16 nitrogen and oxygen atoms in total. The standard InChI is InChI=1S/C36H62N6O10/c1-16(2)22(37)30(45)40-25(19(7)50-34(40,10)11)28(43)38-23(17(3)4)31(46)41-26(20(8)51-35(41,12)13)29(44)39-24(18(5)6)32(47)42-27(33(48)49)21(9)52-36(42,14)15/h16-27H,37H2,1-15H3,(H,38,43)(H,39,44)(H,48,49)/t19-,20-,21-,22-,23-,24-,25-,26-,27-/m0/s1. The molecule has 0 radical (unpaired) electrons. The van der Waals surface area contributed by atoms with E-state index in [4.69, 9.17) is 19.9 Å². The van der Waals surface area contributed by atoms with E-state index in [0.29, 0.717) is 0 Å². The number of carboxylic acid groups (broad SMARTS) is 1. The lowest BCUT2D eigenvalue weighted by Gasteiger charge is -2.39. The summed E-state index contributed by atoms with van der Waals surface area (Å²) in [5.41, 5.74) is 2.49. The first-order valence-corrected chi connectivity index (χ1v) is 18.2. The normalized spacial score (nSPS) is 29.7. The minimum absolute atomic E-state index is 0.210. The molecular formula is C36H62N6O10. The molecule has 296 valence electrons. The molecule has 0 aromatic carbocycles. The van der Waals surface area contributed by atoms with E-state index in [1.807, 2.05) is 0 Å². The van der Waals surface area contributed by atoms with Crippen LogP contribution in [-0.4, -0.2) is 127 Å². The highest BCUT2D eigenvalue weighted by molar-refractivity contribution is 5.98. The van der Waals surface area contributed by atoms with Crippen LogP contribution < -0.4 is 16.4 Å². The molecule has 0 aromatic heterocycles. The van der Waals surface area contributed by atoms with Gasteiger partial charge in [-0.05, 0) is 80.1 Å². The van der Waals surface area contributed by atoms with Crippen molar-refractivity contribution < 1.29 is 48.1 Å². The van der Waals surface area contributed by atoms with E-state index < -0.39 is 119 Å². The predicted octanol–water partition coefficient (Wildman–Crippen LogP) is 1.39. The van der Waals surface area contributed by atoms with Crippen LogP contribution in [0.1, 0.15) is 104 Å². The molecule has 0 aromatic rings. The first kappa shape index (κ1) is 43.1. The van der Waals surface area contributed by atoms with Crippen LogP contribution >= 0.6 is 0 Å². The highest BCUT2D eigenvalue weighted by atomic mass is 16.6. The average Bonchev–Trinajstić information content (AvgIpc) is 3.50. The van der Waals surface area contributed by atoms with Crippen LogP contribution in [0, 0.1) is 17.8 Å². The summed E-state index contributed by atoms with van der Waals surface area (Å²) in [6.45, 7) is 25.2. The Bertz CT molecular complexity index is 1410. The molecule has 16 heteroatoms. The Morgan fingerprint density at radius 3 is 1.13 bits per heavy atom. The fraction of sp³-hybridized carbons (Fsp3) is 0.833. The minimum atomic E-state index is -1.32. The lowest BCUT2D eigenvalue weighted by molar-refractivity contribution is -0.159. The van der Waals surface area contributed by atoms with Crippen LogP contribution in [0.5, 0.6) is 0 Å². The van der Waals surface area contributed by atoms with E-state index in [-0.39, 0.29) is 5.92 Å². The van der Waals surface area contributed by atoms with Crippen molar-refractivity contribution in [1.82, 2.24) is 25.3 Å². The maximum atomic E-state index is 14.6. The Labute approximate surface area is 307 Å². The van der Waals surface area contributed by atoms with E-state index in [2.05, 4.69) is 10.6 Å². The molecule has 0 unspecified atom stereocenters. The van der Waals surface area contributed by atoms with Gasteiger partial charge in [-0.1, -0.05) is 41.5 Å². The number of nitrogens with two attached hydrogens (primary N) is 1. The molecule has 3 aliphatic heterocycles. The lowest BCUT2D eigenvalue weighted by atomic mass is 9.97. The molecule has 3 aliphatic rings. The molecule has 0 bridgehead atoms. The van der Waals surface area contributed by atoms with Gasteiger partial charge in [-0.15, -0.1) is 0 Å². The summed E-state index contributed by atoms with van der Waals surface area (Å²) >= 11 is 0. The average molecular weight is 739 g/mol. The minimum Gasteiger partial charge on any atom is -0.480 e. The van der Waals surface area contributed by atoms with Crippen molar-refractivity contribution >= 4 is 35.5 Å². The number of ether oxygens (including phenoxy) is 3. The van der Waals surface area contributed by atoms with E-state index in [0.717, 1.165) is 4.90 Å². The highest BCUT2D eigenvalue weighted by Gasteiger charge is 2.57. The second kappa shape index (κ2) is 15.2. The van der Waals surface area contributed by atoms with Gasteiger partial charge in [0.05, 0.1) is 24.4 Å². The van der Waals surface area contributed by atoms with E-state index in [9.17, 15) is 33.9 Å². The van der Waals surface area contributed by atoms with Crippen LogP contribution in [0.15, 0.2) is 0 Å². The number of carboxylic acids is 1. The fourth-order valence-corrected chi connectivity index (χ4v) is 7.79. The molecule has 5 amide bonds. The van der Waals surface area contributed by atoms with Crippen molar-refractivity contribution in [2.75, 3.05) is 0 Å². The monoisotopic (exact) mass is 738 g/mol. The van der Waals surface area contributed by atoms with Gasteiger partial charge in [0.25, 0.3) is 0 Å². The van der Waals surface area contributed by atoms with E-state index in [1.165, 1.54) is 9.80 Å². The third kappa shape index (κ3) is 8.09. The number of amides is 5. The second-order valence-electron chi connectivity index (χ2n) is 16.8. The Morgan fingerprint density at radius 2 is 0.846 bits per heavy atom. The first-order chi connectivity index (χ1) is 23.6. The van der Waals surface area contributed by atoms with Crippen molar-refractivity contribution in [2.45, 2.75) is 176 Å². The van der Waals surface area contributed by atoms with E-state index >= 15 is 0 Å². The zero-order valence-electron chi connectivity index (χ0n) is 33.5. The maximum absolute atomic E-state index is 14.6. The SMILES string of the molecule is CC(C)[C@H](N)C(=O)N1[C@H](C(=O)N[C@H](C(=O)N2[C@H](C(=O)N[C@H](C(=O)N3[C@H](C(=O)O)[C@H](C)OC3(C)C)C(C)C)[C@H](C)OC2(C)C)C(C)C)[C@H](C)OC1(C)C. The number of carbonyl (C=O) groups is 6. The number of carbonyl (C=O) groups excluding carboxylic acids is 5. The zero-order chi connectivity index (χ0) is 40.2. The van der Waals surface area contributed by atoms with Crippen molar-refractivity contribution in [3.8, 4) is 0 Å². The third-order valence-electron chi connectivity index (χ3n) is 10.3. The molecule has 0 spiro atoms. The van der Waals surface area contributed by atoms with Gasteiger partial charge in [0.15, 0.2) is 6.04 Å². The molecule has 52 heavy (non-hydrogen) atoms. The Balaban J connectivity index is 1.95. The van der Waals surface area contributed by atoms with Gasteiger partial charge in [-0.25, -0.2) is 4.79 Å². The van der Waals surface area contributed by atoms with Crippen molar-refractivity contribution in [3.05, 3.63) is 0 Å². The molecule has 3 saturated heterocycles. The van der Waals surface area contributed by atoms with Gasteiger partial charge in [-0.2, -0.15) is 0 Å². The van der Waals surface area contributed by atoms with Crippen molar-refractivity contribution in [2.24, 2.45) is 23.5 Å².